The molecule has 1 heterocycles. The summed E-state index contributed by atoms with van der Waals surface area (Å²) in [5, 5.41) is 1.00. The van der Waals surface area contributed by atoms with E-state index in [4.69, 9.17) is 13.9 Å². The third-order valence-electron chi connectivity index (χ3n) is 4.47. The highest BCUT2D eigenvalue weighted by Crippen LogP contribution is 2.40. The molecule has 0 saturated heterocycles. The number of hydrogen-bond acceptors (Lipinski definition) is 4. The van der Waals surface area contributed by atoms with Crippen molar-refractivity contribution in [3.8, 4) is 0 Å². The van der Waals surface area contributed by atoms with E-state index in [0.717, 1.165) is 39.6 Å². The summed E-state index contributed by atoms with van der Waals surface area (Å²) in [7, 11) is 3.21. The lowest BCUT2D eigenvalue weighted by molar-refractivity contribution is -0.105. The van der Waals surface area contributed by atoms with Gasteiger partial charge >= 0.3 is 0 Å². The van der Waals surface area contributed by atoms with Crippen LogP contribution in [0, 0.1) is 6.92 Å². The number of carbonyl (C=O) groups excluding carboxylic acids is 1. The highest BCUT2D eigenvalue weighted by molar-refractivity contribution is 6.03. The Morgan fingerprint density at radius 3 is 2.71 bits per heavy atom. The molecule has 3 rings (SSSR count). The van der Waals surface area contributed by atoms with Gasteiger partial charge in [-0.25, -0.2) is 0 Å². The van der Waals surface area contributed by atoms with Crippen molar-refractivity contribution in [1.82, 2.24) is 0 Å². The molecule has 1 aromatic heterocycles. The summed E-state index contributed by atoms with van der Waals surface area (Å²) >= 11 is 0. The van der Waals surface area contributed by atoms with E-state index < -0.39 is 6.29 Å². The molecule has 0 fully saturated rings. The molecule has 1 aliphatic carbocycles. The van der Waals surface area contributed by atoms with E-state index >= 15 is 0 Å². The predicted molar refractivity (Wildman–Crippen MR) is 79.7 cm³/mol. The van der Waals surface area contributed by atoms with E-state index in [9.17, 15) is 4.79 Å². The summed E-state index contributed by atoms with van der Waals surface area (Å²) in [5.74, 6) is 0.592. The Hall–Kier alpha value is -1.65. The van der Waals surface area contributed by atoms with Crippen LogP contribution in [0.4, 0.5) is 0 Å². The van der Waals surface area contributed by atoms with Crippen molar-refractivity contribution in [2.45, 2.75) is 38.9 Å². The first kappa shape index (κ1) is 14.3. The van der Waals surface area contributed by atoms with Gasteiger partial charge in [0, 0.05) is 31.6 Å². The number of furan rings is 1. The van der Waals surface area contributed by atoms with Crippen LogP contribution in [-0.2, 0) is 9.47 Å². The van der Waals surface area contributed by atoms with E-state index in [1.54, 1.807) is 20.5 Å². The molecule has 0 bridgehead atoms. The monoisotopic (exact) mass is 288 g/mol. The number of ether oxygens (including phenoxy) is 2. The second-order valence-corrected chi connectivity index (χ2v) is 5.69. The fraction of sp³-hybridized carbons (Fsp3) is 0.471. The molecule has 112 valence electrons. The van der Waals surface area contributed by atoms with E-state index in [1.165, 1.54) is 0 Å². The summed E-state index contributed by atoms with van der Waals surface area (Å²) in [6.07, 6.45) is 2.72. The van der Waals surface area contributed by atoms with Crippen LogP contribution in [0.5, 0.6) is 0 Å². The first-order valence-corrected chi connectivity index (χ1v) is 7.21. The first-order chi connectivity index (χ1) is 10.1. The molecule has 1 atom stereocenters. The third kappa shape index (κ3) is 2.10. The molecule has 1 aliphatic rings. The molecule has 21 heavy (non-hydrogen) atoms. The molecule has 2 aromatic rings. The maximum Gasteiger partial charge on any atom is 0.186 e. The Labute approximate surface area is 124 Å². The van der Waals surface area contributed by atoms with Gasteiger partial charge in [-0.1, -0.05) is 6.92 Å². The maximum absolute atomic E-state index is 12.2. The zero-order valence-corrected chi connectivity index (χ0v) is 12.9. The van der Waals surface area contributed by atoms with Crippen molar-refractivity contribution in [2.75, 3.05) is 14.2 Å². The Kier molecular flexibility index (Phi) is 3.59. The lowest BCUT2D eigenvalue weighted by atomic mass is 9.79. The average molecular weight is 288 g/mol. The zero-order chi connectivity index (χ0) is 15.1. The summed E-state index contributed by atoms with van der Waals surface area (Å²) in [4.78, 5) is 12.2. The second kappa shape index (κ2) is 5.28. The van der Waals surface area contributed by atoms with Gasteiger partial charge in [-0.2, -0.15) is 0 Å². The van der Waals surface area contributed by atoms with Crippen LogP contribution in [0.25, 0.3) is 11.0 Å². The van der Waals surface area contributed by atoms with Crippen LogP contribution in [0.15, 0.2) is 16.7 Å². The SMILES string of the molecule is COC(OC)c1coc2cc3c(c(C)c12)C(C)CCC3=O. The molecular formula is C17H20O4. The fourth-order valence-corrected chi connectivity index (χ4v) is 3.46. The molecule has 0 spiro atoms. The Balaban J connectivity index is 2.29. The minimum Gasteiger partial charge on any atom is -0.464 e. The smallest absolute Gasteiger partial charge is 0.186 e. The summed E-state index contributed by atoms with van der Waals surface area (Å²) in [5.41, 5.74) is 4.66. The molecule has 0 radical (unpaired) electrons. The predicted octanol–water partition coefficient (Wildman–Crippen LogP) is 4.11. The van der Waals surface area contributed by atoms with Crippen LogP contribution < -0.4 is 0 Å². The minimum absolute atomic E-state index is 0.209. The van der Waals surface area contributed by atoms with Gasteiger partial charge in [0.05, 0.1) is 5.56 Å². The highest BCUT2D eigenvalue weighted by Gasteiger charge is 2.28. The van der Waals surface area contributed by atoms with E-state index in [1.807, 2.05) is 6.07 Å². The van der Waals surface area contributed by atoms with Crippen molar-refractivity contribution in [2.24, 2.45) is 0 Å². The largest absolute Gasteiger partial charge is 0.464 e. The van der Waals surface area contributed by atoms with Gasteiger partial charge in [0.1, 0.15) is 11.8 Å². The highest BCUT2D eigenvalue weighted by atomic mass is 16.7. The maximum atomic E-state index is 12.2. The van der Waals surface area contributed by atoms with Crippen molar-refractivity contribution in [1.29, 1.82) is 0 Å². The van der Waals surface area contributed by atoms with Crippen LogP contribution in [-0.4, -0.2) is 20.0 Å². The molecule has 1 aromatic carbocycles. The number of Topliss-reactive ketones (excluding diaryl/α,β-unsaturated/α-hetero) is 1. The normalized spacial score (nSPS) is 18.5. The molecule has 4 heteroatoms. The fourth-order valence-electron chi connectivity index (χ4n) is 3.46. The second-order valence-electron chi connectivity index (χ2n) is 5.69. The summed E-state index contributed by atoms with van der Waals surface area (Å²) in [6.45, 7) is 4.23. The van der Waals surface area contributed by atoms with Gasteiger partial charge in [-0.05, 0) is 36.5 Å². The molecule has 4 nitrogen and oxygen atoms in total. The third-order valence-corrected chi connectivity index (χ3v) is 4.47. The minimum atomic E-state index is -0.461. The number of fused-ring (bicyclic) bond motifs is 2. The van der Waals surface area contributed by atoms with Gasteiger partial charge in [-0.3, -0.25) is 4.79 Å². The van der Waals surface area contributed by atoms with Gasteiger partial charge in [0.2, 0.25) is 0 Å². The van der Waals surface area contributed by atoms with Crippen LogP contribution in [0.3, 0.4) is 0 Å². The van der Waals surface area contributed by atoms with Crippen molar-refractivity contribution >= 4 is 16.8 Å². The van der Waals surface area contributed by atoms with Crippen LogP contribution >= 0.6 is 0 Å². The van der Waals surface area contributed by atoms with Crippen molar-refractivity contribution in [3.05, 3.63) is 34.6 Å². The molecule has 0 saturated carbocycles. The number of benzene rings is 1. The average Bonchev–Trinajstić information content (AvgIpc) is 2.89. The number of aryl methyl sites for hydroxylation is 1. The Bertz CT molecular complexity index is 694. The van der Waals surface area contributed by atoms with Crippen LogP contribution in [0.2, 0.25) is 0 Å². The van der Waals surface area contributed by atoms with Crippen molar-refractivity contribution < 1.29 is 18.7 Å². The standard InChI is InChI=1S/C17H20O4/c1-9-5-6-13(18)11-7-14-16(10(2)15(9)11)12(8-21-14)17(19-3)20-4/h7-9,17H,5-6H2,1-4H3. The van der Waals surface area contributed by atoms with Gasteiger partial charge in [-0.15, -0.1) is 0 Å². The lowest BCUT2D eigenvalue weighted by Crippen LogP contribution is -2.15. The summed E-state index contributed by atoms with van der Waals surface area (Å²) < 4.78 is 16.4. The number of rotatable bonds is 3. The zero-order valence-electron chi connectivity index (χ0n) is 12.9. The van der Waals surface area contributed by atoms with Gasteiger partial charge in [0.25, 0.3) is 0 Å². The molecule has 1 unspecified atom stereocenters. The molecule has 0 N–H and O–H groups in total. The summed E-state index contributed by atoms with van der Waals surface area (Å²) in [6, 6.07) is 1.88. The van der Waals surface area contributed by atoms with Gasteiger partial charge in [0.15, 0.2) is 12.1 Å². The van der Waals surface area contributed by atoms with Crippen LogP contribution in [0.1, 0.15) is 59.0 Å². The van der Waals surface area contributed by atoms with Gasteiger partial charge < -0.3 is 13.9 Å². The molecule has 0 amide bonds. The number of ketones is 1. The number of hydrogen-bond donors (Lipinski definition) is 0. The Morgan fingerprint density at radius 2 is 2.05 bits per heavy atom. The number of methoxy groups -OCH3 is 2. The molecule has 0 aliphatic heterocycles. The van der Waals surface area contributed by atoms with E-state index in [0.29, 0.717) is 12.3 Å². The lowest BCUT2D eigenvalue weighted by Gasteiger charge is -2.24. The number of carbonyl (C=O) groups is 1. The quantitative estimate of drug-likeness (QED) is 0.797. The Morgan fingerprint density at radius 1 is 1.33 bits per heavy atom. The first-order valence-electron chi connectivity index (χ1n) is 7.21. The van der Waals surface area contributed by atoms with E-state index in [-0.39, 0.29) is 5.78 Å². The molecular weight excluding hydrogens is 268 g/mol. The topological polar surface area (TPSA) is 48.7 Å². The van der Waals surface area contributed by atoms with E-state index in [2.05, 4.69) is 13.8 Å². The van der Waals surface area contributed by atoms with Crippen molar-refractivity contribution in [3.63, 3.8) is 0 Å².